The number of amides is 1. The molecule has 1 aliphatic rings. The maximum absolute atomic E-state index is 12.0. The van der Waals surface area contributed by atoms with Gasteiger partial charge in [0.05, 0.1) is 0 Å². The Kier molecular flexibility index (Phi) is 2.35. The zero-order valence-electron chi connectivity index (χ0n) is 6.11. The van der Waals surface area contributed by atoms with E-state index in [2.05, 4.69) is 5.10 Å². The lowest BCUT2D eigenvalue weighted by atomic mass is 10.1. The van der Waals surface area contributed by atoms with Gasteiger partial charge in [0.25, 0.3) is 0 Å². The number of hydrazone groups is 1. The van der Waals surface area contributed by atoms with E-state index in [9.17, 15) is 18.0 Å². The van der Waals surface area contributed by atoms with E-state index < -0.39 is 17.8 Å². The third-order valence-corrected chi connectivity index (χ3v) is 1.46. The second kappa shape index (κ2) is 3.12. The predicted molar refractivity (Wildman–Crippen MR) is 35.5 cm³/mol. The molecule has 0 aliphatic carbocycles. The standard InChI is InChI=1S/C6H7F3N2O/c7-6(8,9)4-2-1-3-5(12)11-10-4/h1-3H2,(H,11,12). The van der Waals surface area contributed by atoms with Crippen LogP contribution < -0.4 is 5.43 Å². The lowest BCUT2D eigenvalue weighted by Crippen LogP contribution is -2.25. The van der Waals surface area contributed by atoms with E-state index in [4.69, 9.17) is 0 Å². The summed E-state index contributed by atoms with van der Waals surface area (Å²) in [5, 5.41) is 2.97. The zero-order chi connectivity index (χ0) is 9.19. The molecule has 1 rings (SSSR count). The highest BCUT2D eigenvalue weighted by Crippen LogP contribution is 2.21. The molecule has 0 spiro atoms. The van der Waals surface area contributed by atoms with Crippen LogP contribution in [0.1, 0.15) is 19.3 Å². The Bertz CT molecular complexity index is 221. The van der Waals surface area contributed by atoms with Gasteiger partial charge in [0.15, 0.2) is 0 Å². The number of hydrogen-bond donors (Lipinski definition) is 1. The molecule has 0 bridgehead atoms. The van der Waals surface area contributed by atoms with Crippen LogP contribution in [-0.4, -0.2) is 17.8 Å². The molecule has 0 saturated heterocycles. The highest BCUT2D eigenvalue weighted by Gasteiger charge is 2.36. The van der Waals surface area contributed by atoms with Crippen LogP contribution in [0.2, 0.25) is 0 Å². The van der Waals surface area contributed by atoms with Crippen molar-refractivity contribution in [2.45, 2.75) is 25.4 Å². The molecule has 1 amide bonds. The molecule has 0 fully saturated rings. The van der Waals surface area contributed by atoms with Crippen molar-refractivity contribution in [2.24, 2.45) is 5.10 Å². The molecule has 68 valence electrons. The summed E-state index contributed by atoms with van der Waals surface area (Å²) in [6.07, 6.45) is -4.31. The Labute approximate surface area is 66.6 Å². The van der Waals surface area contributed by atoms with Crippen molar-refractivity contribution in [2.75, 3.05) is 0 Å². The maximum atomic E-state index is 12.0. The van der Waals surface area contributed by atoms with Gasteiger partial charge in [-0.25, -0.2) is 5.43 Å². The van der Waals surface area contributed by atoms with Gasteiger partial charge in [-0.05, 0) is 12.8 Å². The van der Waals surface area contributed by atoms with E-state index in [1.165, 1.54) is 0 Å². The Morgan fingerprint density at radius 2 is 2.00 bits per heavy atom. The van der Waals surface area contributed by atoms with Crippen LogP contribution >= 0.6 is 0 Å². The van der Waals surface area contributed by atoms with Gasteiger partial charge in [-0.15, -0.1) is 0 Å². The SMILES string of the molecule is O=C1CCCC(C(F)(F)F)=NN1. The fourth-order valence-electron chi connectivity index (χ4n) is 0.863. The van der Waals surface area contributed by atoms with Crippen molar-refractivity contribution in [3.63, 3.8) is 0 Å². The molecular formula is C6H7F3N2O. The summed E-state index contributed by atoms with van der Waals surface area (Å²) in [4.78, 5) is 10.6. The average molecular weight is 180 g/mol. The van der Waals surface area contributed by atoms with E-state index in [1.54, 1.807) is 0 Å². The Morgan fingerprint density at radius 1 is 1.33 bits per heavy atom. The van der Waals surface area contributed by atoms with E-state index in [1.807, 2.05) is 5.43 Å². The Balaban J connectivity index is 2.71. The lowest BCUT2D eigenvalue weighted by molar-refractivity contribution is -0.120. The smallest absolute Gasteiger partial charge is 0.273 e. The second-order valence-electron chi connectivity index (χ2n) is 2.44. The predicted octanol–water partition coefficient (Wildman–Crippen LogP) is 1.20. The van der Waals surface area contributed by atoms with Crippen LogP contribution in [0.3, 0.4) is 0 Å². The van der Waals surface area contributed by atoms with Crippen molar-refractivity contribution < 1.29 is 18.0 Å². The van der Waals surface area contributed by atoms with Crippen molar-refractivity contribution in [3.05, 3.63) is 0 Å². The molecule has 6 heteroatoms. The number of halogens is 3. The monoisotopic (exact) mass is 180 g/mol. The molecule has 0 saturated carbocycles. The zero-order valence-corrected chi connectivity index (χ0v) is 6.11. The topological polar surface area (TPSA) is 41.5 Å². The molecule has 1 heterocycles. The third-order valence-electron chi connectivity index (χ3n) is 1.46. The van der Waals surface area contributed by atoms with Gasteiger partial charge in [0.2, 0.25) is 5.91 Å². The first-order chi connectivity index (χ1) is 5.50. The molecule has 3 nitrogen and oxygen atoms in total. The fourth-order valence-corrected chi connectivity index (χ4v) is 0.863. The number of rotatable bonds is 0. The molecule has 0 aromatic heterocycles. The van der Waals surface area contributed by atoms with E-state index in [-0.39, 0.29) is 19.3 Å². The van der Waals surface area contributed by atoms with Crippen LogP contribution in [0.4, 0.5) is 13.2 Å². The molecule has 12 heavy (non-hydrogen) atoms. The van der Waals surface area contributed by atoms with Crippen LogP contribution in [0.25, 0.3) is 0 Å². The lowest BCUT2D eigenvalue weighted by Gasteiger charge is -2.06. The van der Waals surface area contributed by atoms with Crippen LogP contribution in [0, 0.1) is 0 Å². The minimum atomic E-state index is -4.42. The van der Waals surface area contributed by atoms with Crippen LogP contribution in [0.15, 0.2) is 5.10 Å². The normalized spacial score (nSPS) is 19.6. The Morgan fingerprint density at radius 3 is 2.58 bits per heavy atom. The molecule has 1 N–H and O–H groups in total. The van der Waals surface area contributed by atoms with E-state index in [0.29, 0.717) is 0 Å². The number of carbonyl (C=O) groups excluding carboxylic acids is 1. The number of alkyl halides is 3. The van der Waals surface area contributed by atoms with E-state index >= 15 is 0 Å². The summed E-state index contributed by atoms with van der Waals surface area (Å²) in [6.45, 7) is 0. The number of nitrogens with zero attached hydrogens (tertiary/aromatic N) is 1. The van der Waals surface area contributed by atoms with Crippen LogP contribution in [0.5, 0.6) is 0 Å². The number of hydrogen-bond acceptors (Lipinski definition) is 2. The van der Waals surface area contributed by atoms with Gasteiger partial charge in [0.1, 0.15) is 5.71 Å². The fraction of sp³-hybridized carbons (Fsp3) is 0.667. The highest BCUT2D eigenvalue weighted by atomic mass is 19.4. The molecule has 0 radical (unpaired) electrons. The average Bonchev–Trinajstić information content (AvgIpc) is 2.11. The quantitative estimate of drug-likeness (QED) is 0.598. The summed E-state index contributed by atoms with van der Waals surface area (Å²) >= 11 is 0. The summed E-state index contributed by atoms with van der Waals surface area (Å²) in [7, 11) is 0. The van der Waals surface area contributed by atoms with Crippen molar-refractivity contribution >= 4 is 11.6 Å². The Hall–Kier alpha value is -1.07. The molecule has 0 aromatic carbocycles. The van der Waals surface area contributed by atoms with Crippen molar-refractivity contribution in [1.82, 2.24) is 5.43 Å². The third kappa shape index (κ3) is 2.21. The highest BCUT2D eigenvalue weighted by molar-refractivity contribution is 5.92. The number of nitrogens with one attached hydrogen (secondary N) is 1. The van der Waals surface area contributed by atoms with Gasteiger partial charge in [-0.1, -0.05) is 0 Å². The van der Waals surface area contributed by atoms with Gasteiger partial charge in [-0.2, -0.15) is 18.3 Å². The molecular weight excluding hydrogens is 173 g/mol. The molecule has 0 unspecified atom stereocenters. The summed E-state index contributed by atoms with van der Waals surface area (Å²) in [5.74, 6) is -0.464. The first-order valence-corrected chi connectivity index (χ1v) is 3.43. The van der Waals surface area contributed by atoms with Gasteiger partial charge >= 0.3 is 6.18 Å². The summed E-state index contributed by atoms with van der Waals surface area (Å²) in [6, 6.07) is 0. The minimum Gasteiger partial charge on any atom is -0.273 e. The first-order valence-electron chi connectivity index (χ1n) is 3.43. The first kappa shape index (κ1) is 9.02. The molecule has 0 atom stereocenters. The summed E-state index contributed by atoms with van der Waals surface area (Å²) in [5.41, 5.74) is 0.921. The van der Waals surface area contributed by atoms with Gasteiger partial charge in [0, 0.05) is 6.42 Å². The molecule has 0 aromatic rings. The van der Waals surface area contributed by atoms with Gasteiger partial charge in [-0.3, -0.25) is 4.79 Å². The summed E-state index contributed by atoms with van der Waals surface area (Å²) < 4.78 is 35.9. The maximum Gasteiger partial charge on any atom is 0.431 e. The molecule has 1 aliphatic heterocycles. The largest absolute Gasteiger partial charge is 0.431 e. The van der Waals surface area contributed by atoms with Crippen molar-refractivity contribution in [1.29, 1.82) is 0 Å². The van der Waals surface area contributed by atoms with E-state index in [0.717, 1.165) is 0 Å². The second-order valence-corrected chi connectivity index (χ2v) is 2.44. The van der Waals surface area contributed by atoms with Gasteiger partial charge < -0.3 is 0 Å². The number of carbonyl (C=O) groups is 1. The minimum absolute atomic E-state index is 0.100. The van der Waals surface area contributed by atoms with Crippen LogP contribution in [-0.2, 0) is 4.79 Å². The van der Waals surface area contributed by atoms with Crippen molar-refractivity contribution in [3.8, 4) is 0 Å².